The van der Waals surface area contributed by atoms with E-state index in [1.807, 2.05) is 0 Å². The summed E-state index contributed by atoms with van der Waals surface area (Å²) < 4.78 is 0. The van der Waals surface area contributed by atoms with Gasteiger partial charge >= 0.3 is 0 Å². The highest BCUT2D eigenvalue weighted by atomic mass is 16.2. The van der Waals surface area contributed by atoms with Gasteiger partial charge in [-0.3, -0.25) is 9.59 Å². The molecule has 3 aliphatic rings. The fourth-order valence-corrected chi connectivity index (χ4v) is 2.93. The molecule has 96 valence electrons. The van der Waals surface area contributed by atoms with Gasteiger partial charge in [-0.15, -0.1) is 0 Å². The van der Waals surface area contributed by atoms with Crippen molar-refractivity contribution in [3.63, 3.8) is 0 Å². The molecule has 1 unspecified atom stereocenters. The molecular formula is C13H17N3O2. The maximum absolute atomic E-state index is 12.0. The van der Waals surface area contributed by atoms with Gasteiger partial charge in [0.1, 0.15) is 0 Å². The van der Waals surface area contributed by atoms with Gasteiger partial charge in [0.25, 0.3) is 5.91 Å². The summed E-state index contributed by atoms with van der Waals surface area (Å²) in [6, 6.07) is 3.20. The Kier molecular flexibility index (Phi) is 2.91. The zero-order chi connectivity index (χ0) is 12.5. The Labute approximate surface area is 105 Å². The number of amides is 1. The number of hydrogen-bond acceptors (Lipinski definition) is 3. The lowest BCUT2D eigenvalue weighted by Crippen LogP contribution is -2.57. The van der Waals surface area contributed by atoms with Crippen LogP contribution in [0.25, 0.3) is 0 Å². The molecule has 2 N–H and O–H groups in total. The van der Waals surface area contributed by atoms with Crippen LogP contribution in [0.4, 0.5) is 0 Å². The maximum Gasteiger partial charge on any atom is 0.253 e. The number of H-pyrrole nitrogens is 1. The predicted octanol–water partition coefficient (Wildman–Crippen LogP) is 0.199. The highest BCUT2D eigenvalue weighted by Gasteiger charge is 2.34. The van der Waals surface area contributed by atoms with E-state index in [2.05, 4.69) is 15.2 Å². The van der Waals surface area contributed by atoms with Gasteiger partial charge in [0.15, 0.2) is 0 Å². The molecule has 1 atom stereocenters. The van der Waals surface area contributed by atoms with Gasteiger partial charge in [-0.05, 0) is 37.9 Å². The Morgan fingerprint density at radius 1 is 1.33 bits per heavy atom. The number of nitrogens with zero attached hydrogens (tertiary/aromatic N) is 1. The molecule has 0 saturated carbocycles. The van der Waals surface area contributed by atoms with Gasteiger partial charge < -0.3 is 15.2 Å². The minimum atomic E-state index is -0.186. The van der Waals surface area contributed by atoms with Gasteiger partial charge in [0.2, 0.25) is 5.56 Å². The molecule has 4 heterocycles. The summed E-state index contributed by atoms with van der Waals surface area (Å²) in [5, 5.41) is 3.08. The van der Waals surface area contributed by atoms with Crippen molar-refractivity contribution >= 4 is 5.91 Å². The van der Waals surface area contributed by atoms with Gasteiger partial charge in [0.05, 0.1) is 5.56 Å². The van der Waals surface area contributed by atoms with Crippen molar-refractivity contribution in [1.82, 2.24) is 15.2 Å². The topological polar surface area (TPSA) is 65.2 Å². The molecule has 3 aliphatic heterocycles. The van der Waals surface area contributed by atoms with Crippen LogP contribution in [0.3, 0.4) is 0 Å². The summed E-state index contributed by atoms with van der Waals surface area (Å²) in [5.74, 6) is 0.520. The van der Waals surface area contributed by atoms with Crippen molar-refractivity contribution in [2.75, 3.05) is 19.6 Å². The van der Waals surface area contributed by atoms with E-state index in [1.54, 1.807) is 6.07 Å². The lowest BCUT2D eigenvalue weighted by molar-refractivity contribution is 0.0620. The highest BCUT2D eigenvalue weighted by Crippen LogP contribution is 2.27. The number of pyridine rings is 1. The average Bonchev–Trinajstić information content (AvgIpc) is 2.41. The van der Waals surface area contributed by atoms with Crippen LogP contribution in [-0.2, 0) is 0 Å². The summed E-state index contributed by atoms with van der Waals surface area (Å²) in [6.45, 7) is 3.28. The monoisotopic (exact) mass is 247 g/mol. The van der Waals surface area contributed by atoms with Crippen molar-refractivity contribution in [1.29, 1.82) is 0 Å². The lowest BCUT2D eigenvalue weighted by Gasteiger charge is -2.44. The van der Waals surface area contributed by atoms with E-state index in [1.165, 1.54) is 25.1 Å². The number of fused-ring (bicyclic) bond motifs is 3. The molecule has 0 spiro atoms. The van der Waals surface area contributed by atoms with Crippen LogP contribution >= 0.6 is 0 Å². The van der Waals surface area contributed by atoms with Crippen LogP contribution in [0.15, 0.2) is 23.1 Å². The lowest BCUT2D eigenvalue weighted by atomic mass is 9.84. The Morgan fingerprint density at radius 3 is 2.67 bits per heavy atom. The minimum absolute atomic E-state index is 0.0926. The van der Waals surface area contributed by atoms with Crippen LogP contribution in [0, 0.1) is 5.92 Å². The van der Waals surface area contributed by atoms with Crippen LogP contribution in [0.2, 0.25) is 0 Å². The molecule has 2 bridgehead atoms. The highest BCUT2D eigenvalue weighted by molar-refractivity contribution is 5.94. The number of rotatable bonds is 2. The standard InChI is InChI=1S/C13H17N3O2/c17-12-2-1-10(7-14-12)13(18)15-11-8-16-5-3-9(11)4-6-16/h1-2,7,9,11H,3-6,8H2,(H,14,17)(H,15,18). The molecule has 0 radical (unpaired) electrons. The first kappa shape index (κ1) is 11.5. The number of carbonyl (C=O) groups is 1. The van der Waals surface area contributed by atoms with E-state index < -0.39 is 0 Å². The van der Waals surface area contributed by atoms with Gasteiger partial charge in [0, 0.05) is 24.8 Å². The second-order valence-corrected chi connectivity index (χ2v) is 5.16. The molecule has 0 aromatic carbocycles. The summed E-state index contributed by atoms with van der Waals surface area (Å²) in [5.41, 5.74) is 0.334. The number of aromatic amines is 1. The summed E-state index contributed by atoms with van der Waals surface area (Å²) in [4.78, 5) is 27.9. The third kappa shape index (κ3) is 2.18. The van der Waals surface area contributed by atoms with E-state index in [-0.39, 0.29) is 17.5 Å². The Bertz CT molecular complexity index is 483. The predicted molar refractivity (Wildman–Crippen MR) is 67.5 cm³/mol. The molecule has 3 saturated heterocycles. The Morgan fingerprint density at radius 2 is 2.11 bits per heavy atom. The molecule has 5 nitrogen and oxygen atoms in total. The minimum Gasteiger partial charge on any atom is -0.348 e. The molecule has 1 aromatic heterocycles. The second-order valence-electron chi connectivity index (χ2n) is 5.16. The third-order valence-corrected chi connectivity index (χ3v) is 4.02. The Balaban J connectivity index is 1.67. The summed E-state index contributed by atoms with van der Waals surface area (Å²) in [7, 11) is 0. The number of hydrogen-bond donors (Lipinski definition) is 2. The zero-order valence-corrected chi connectivity index (χ0v) is 10.2. The molecule has 1 aromatic rings. The van der Waals surface area contributed by atoms with Crippen molar-refractivity contribution in [3.8, 4) is 0 Å². The van der Waals surface area contributed by atoms with E-state index in [4.69, 9.17) is 0 Å². The van der Waals surface area contributed by atoms with Gasteiger partial charge in [-0.1, -0.05) is 0 Å². The molecular weight excluding hydrogens is 230 g/mol. The largest absolute Gasteiger partial charge is 0.348 e. The quantitative estimate of drug-likeness (QED) is 0.784. The van der Waals surface area contributed by atoms with Crippen LogP contribution in [0.5, 0.6) is 0 Å². The van der Waals surface area contributed by atoms with E-state index in [0.717, 1.165) is 19.6 Å². The summed E-state index contributed by atoms with van der Waals surface area (Å²) >= 11 is 0. The fourth-order valence-electron chi connectivity index (χ4n) is 2.93. The summed E-state index contributed by atoms with van der Waals surface area (Å²) in [6.07, 6.45) is 3.83. The van der Waals surface area contributed by atoms with Crippen LogP contribution in [0.1, 0.15) is 23.2 Å². The Hall–Kier alpha value is -1.62. The fraction of sp³-hybridized carbons (Fsp3) is 0.538. The van der Waals surface area contributed by atoms with Crippen molar-refractivity contribution in [2.45, 2.75) is 18.9 Å². The number of piperidine rings is 3. The SMILES string of the molecule is O=C(NC1CN2CCC1CC2)c1ccc(=O)[nH]c1. The van der Waals surface area contributed by atoms with Crippen molar-refractivity contribution < 1.29 is 4.79 Å². The number of aromatic nitrogens is 1. The second kappa shape index (κ2) is 4.57. The first-order chi connectivity index (χ1) is 8.72. The van der Waals surface area contributed by atoms with Crippen LogP contribution < -0.4 is 10.9 Å². The normalized spacial score (nSPS) is 30.1. The van der Waals surface area contributed by atoms with Gasteiger partial charge in [-0.25, -0.2) is 0 Å². The molecule has 5 heteroatoms. The molecule has 3 fully saturated rings. The van der Waals surface area contributed by atoms with E-state index in [9.17, 15) is 9.59 Å². The zero-order valence-electron chi connectivity index (χ0n) is 10.2. The first-order valence-electron chi connectivity index (χ1n) is 6.44. The average molecular weight is 247 g/mol. The third-order valence-electron chi connectivity index (χ3n) is 4.02. The van der Waals surface area contributed by atoms with E-state index in [0.29, 0.717) is 11.5 Å². The number of nitrogens with one attached hydrogen (secondary N) is 2. The van der Waals surface area contributed by atoms with Crippen molar-refractivity contribution in [3.05, 3.63) is 34.2 Å². The maximum atomic E-state index is 12.0. The molecule has 4 rings (SSSR count). The van der Waals surface area contributed by atoms with Crippen molar-refractivity contribution in [2.24, 2.45) is 5.92 Å². The molecule has 18 heavy (non-hydrogen) atoms. The molecule has 0 aliphatic carbocycles. The van der Waals surface area contributed by atoms with Gasteiger partial charge in [-0.2, -0.15) is 0 Å². The smallest absolute Gasteiger partial charge is 0.253 e. The van der Waals surface area contributed by atoms with Crippen LogP contribution in [-0.4, -0.2) is 41.5 Å². The van der Waals surface area contributed by atoms with E-state index >= 15 is 0 Å². The number of carbonyl (C=O) groups excluding carboxylic acids is 1. The first-order valence-corrected chi connectivity index (χ1v) is 6.44. The molecule has 1 amide bonds.